The summed E-state index contributed by atoms with van der Waals surface area (Å²) in [5.41, 5.74) is 1.20. The van der Waals surface area contributed by atoms with Crippen molar-refractivity contribution < 1.29 is 21.2 Å². The minimum atomic E-state index is -3.89. The molecule has 0 saturated carbocycles. The van der Waals surface area contributed by atoms with Crippen LogP contribution < -0.4 is 0 Å². The third kappa shape index (κ3) is 4.49. The van der Waals surface area contributed by atoms with Gasteiger partial charge >= 0.3 is 0 Å². The van der Waals surface area contributed by atoms with Crippen molar-refractivity contribution in [2.45, 2.75) is 11.8 Å². The molecule has 3 rings (SSSR count). The molecular formula is C19H21FN2O4S2. The molecule has 0 aliphatic carbocycles. The summed E-state index contributed by atoms with van der Waals surface area (Å²) >= 11 is 0. The number of halogens is 1. The molecule has 1 fully saturated rings. The maximum absolute atomic E-state index is 13.5. The van der Waals surface area contributed by atoms with Gasteiger partial charge in [0, 0.05) is 31.6 Å². The Morgan fingerprint density at radius 1 is 0.893 bits per heavy atom. The predicted molar refractivity (Wildman–Crippen MR) is 106 cm³/mol. The zero-order chi connectivity index (χ0) is 20.4. The molecule has 0 unspecified atom stereocenters. The molecule has 0 radical (unpaired) electrons. The Morgan fingerprint density at radius 2 is 1.50 bits per heavy atom. The highest BCUT2D eigenvalue weighted by Gasteiger charge is 2.33. The van der Waals surface area contributed by atoms with Gasteiger partial charge < -0.3 is 0 Å². The Labute approximate surface area is 165 Å². The topological polar surface area (TPSA) is 74.8 Å². The molecule has 2 aromatic carbocycles. The zero-order valence-corrected chi connectivity index (χ0v) is 17.0. The number of nitrogens with zero attached hydrogens (tertiary/aromatic N) is 2. The highest BCUT2D eigenvalue weighted by atomic mass is 32.2. The van der Waals surface area contributed by atoms with Gasteiger partial charge in [-0.3, -0.25) is 0 Å². The summed E-state index contributed by atoms with van der Waals surface area (Å²) in [5.74, 6) is -0.628. The van der Waals surface area contributed by atoms with E-state index in [0.29, 0.717) is 5.56 Å². The molecule has 1 aliphatic heterocycles. The van der Waals surface area contributed by atoms with Crippen LogP contribution in [-0.2, 0) is 20.0 Å². The highest BCUT2D eigenvalue weighted by molar-refractivity contribution is 7.92. The lowest BCUT2D eigenvalue weighted by Crippen LogP contribution is -2.50. The normalized spacial score (nSPS) is 17.2. The van der Waals surface area contributed by atoms with Gasteiger partial charge in [0.05, 0.1) is 4.90 Å². The second kappa shape index (κ2) is 8.12. The van der Waals surface area contributed by atoms with E-state index in [4.69, 9.17) is 0 Å². The Balaban J connectivity index is 1.71. The molecule has 9 heteroatoms. The Hall–Kier alpha value is -2.07. The molecule has 0 N–H and O–H groups in total. The maximum Gasteiger partial charge on any atom is 0.243 e. The van der Waals surface area contributed by atoms with Crippen molar-refractivity contribution in [1.29, 1.82) is 0 Å². The molecule has 1 aliphatic rings. The highest BCUT2D eigenvalue weighted by Crippen LogP contribution is 2.23. The number of benzene rings is 2. The summed E-state index contributed by atoms with van der Waals surface area (Å²) in [7, 11) is -7.54. The first-order valence-corrected chi connectivity index (χ1v) is 11.6. The van der Waals surface area contributed by atoms with Crippen molar-refractivity contribution in [3.63, 3.8) is 0 Å². The van der Waals surface area contributed by atoms with Gasteiger partial charge in [0.15, 0.2) is 0 Å². The fourth-order valence-corrected chi connectivity index (χ4v) is 5.80. The number of sulfonamides is 2. The Bertz CT molecular complexity index is 1080. The lowest BCUT2D eigenvalue weighted by atomic mass is 10.2. The first-order chi connectivity index (χ1) is 13.2. The lowest BCUT2D eigenvalue weighted by molar-refractivity contribution is 0.274. The van der Waals surface area contributed by atoms with Gasteiger partial charge in [-0.25, -0.2) is 21.2 Å². The van der Waals surface area contributed by atoms with Gasteiger partial charge in [-0.1, -0.05) is 36.4 Å². The van der Waals surface area contributed by atoms with Crippen LogP contribution in [0.4, 0.5) is 4.39 Å². The molecule has 6 nitrogen and oxygen atoms in total. The quantitative estimate of drug-likeness (QED) is 0.739. The summed E-state index contributed by atoms with van der Waals surface area (Å²) in [6, 6.07) is 12.7. The molecular weight excluding hydrogens is 403 g/mol. The monoisotopic (exact) mass is 424 g/mol. The van der Waals surface area contributed by atoms with Crippen LogP contribution in [0.5, 0.6) is 0 Å². The summed E-state index contributed by atoms with van der Waals surface area (Å²) in [5, 5.41) is 1.13. The van der Waals surface area contributed by atoms with E-state index in [9.17, 15) is 21.2 Å². The van der Waals surface area contributed by atoms with Crippen LogP contribution in [0.15, 0.2) is 58.8 Å². The minimum absolute atomic E-state index is 0.0106. The van der Waals surface area contributed by atoms with E-state index < -0.39 is 25.9 Å². The van der Waals surface area contributed by atoms with E-state index >= 15 is 0 Å². The average molecular weight is 425 g/mol. The Morgan fingerprint density at radius 3 is 2.14 bits per heavy atom. The number of rotatable bonds is 5. The van der Waals surface area contributed by atoms with Crippen LogP contribution in [0.1, 0.15) is 11.1 Å². The van der Waals surface area contributed by atoms with Gasteiger partial charge in [0.25, 0.3) is 0 Å². The molecule has 2 aromatic rings. The first-order valence-electron chi connectivity index (χ1n) is 8.70. The van der Waals surface area contributed by atoms with E-state index in [1.807, 2.05) is 18.2 Å². The van der Waals surface area contributed by atoms with Crippen LogP contribution in [0.2, 0.25) is 0 Å². The number of aryl methyl sites for hydroxylation is 1. The van der Waals surface area contributed by atoms with E-state index in [1.54, 1.807) is 19.1 Å². The number of hydrogen-bond acceptors (Lipinski definition) is 4. The van der Waals surface area contributed by atoms with Crippen LogP contribution in [-0.4, -0.2) is 51.6 Å². The predicted octanol–water partition coefficient (Wildman–Crippen LogP) is 2.44. The SMILES string of the molecule is Cc1ccc(F)cc1S(=O)(=O)N1CCN(S(=O)(=O)/C=C/c2ccccc2)CC1. The number of hydrogen-bond donors (Lipinski definition) is 0. The van der Waals surface area contributed by atoms with Gasteiger partial charge in [0.2, 0.25) is 20.0 Å². The van der Waals surface area contributed by atoms with E-state index in [0.717, 1.165) is 17.0 Å². The van der Waals surface area contributed by atoms with Crippen molar-refractivity contribution >= 4 is 26.1 Å². The minimum Gasteiger partial charge on any atom is -0.208 e. The van der Waals surface area contributed by atoms with Crippen molar-refractivity contribution in [2.24, 2.45) is 0 Å². The standard InChI is InChI=1S/C19H21FN2O4S2/c1-16-7-8-18(20)15-19(16)28(25,26)22-12-10-21(11-13-22)27(23,24)14-9-17-5-3-2-4-6-17/h2-9,14-15H,10-13H2,1H3/b14-9+. The fraction of sp³-hybridized carbons (Fsp3) is 0.263. The van der Waals surface area contributed by atoms with Crippen molar-refractivity contribution in [3.8, 4) is 0 Å². The first kappa shape index (κ1) is 20.7. The van der Waals surface area contributed by atoms with E-state index in [1.165, 1.54) is 26.8 Å². The molecule has 0 atom stereocenters. The van der Waals surface area contributed by atoms with E-state index in [2.05, 4.69) is 0 Å². The molecule has 0 amide bonds. The summed E-state index contributed by atoms with van der Waals surface area (Å²) in [4.78, 5) is -0.0900. The molecule has 1 saturated heterocycles. The Kier molecular flexibility index (Phi) is 5.99. The summed E-state index contributed by atoms with van der Waals surface area (Å²) in [6.45, 7) is 1.69. The molecule has 1 heterocycles. The van der Waals surface area contributed by atoms with Crippen molar-refractivity contribution in [2.75, 3.05) is 26.2 Å². The van der Waals surface area contributed by atoms with E-state index in [-0.39, 0.29) is 31.1 Å². The van der Waals surface area contributed by atoms with Gasteiger partial charge in [0.1, 0.15) is 5.82 Å². The molecule has 0 aromatic heterocycles. The number of piperazine rings is 1. The van der Waals surface area contributed by atoms with Crippen molar-refractivity contribution in [1.82, 2.24) is 8.61 Å². The van der Waals surface area contributed by atoms with Crippen LogP contribution >= 0.6 is 0 Å². The van der Waals surface area contributed by atoms with Crippen LogP contribution in [0.3, 0.4) is 0 Å². The van der Waals surface area contributed by atoms with Crippen molar-refractivity contribution in [3.05, 3.63) is 70.9 Å². The molecule has 0 spiro atoms. The van der Waals surface area contributed by atoms with Gasteiger partial charge in [-0.2, -0.15) is 8.61 Å². The molecule has 0 bridgehead atoms. The largest absolute Gasteiger partial charge is 0.243 e. The fourth-order valence-electron chi connectivity index (χ4n) is 2.97. The zero-order valence-electron chi connectivity index (χ0n) is 15.3. The molecule has 28 heavy (non-hydrogen) atoms. The second-order valence-corrected chi connectivity index (χ2v) is 10.2. The molecule has 150 valence electrons. The van der Waals surface area contributed by atoms with Crippen LogP contribution in [0.25, 0.3) is 6.08 Å². The maximum atomic E-state index is 13.5. The smallest absolute Gasteiger partial charge is 0.208 e. The second-order valence-electron chi connectivity index (χ2n) is 6.47. The van der Waals surface area contributed by atoms with Crippen LogP contribution in [0, 0.1) is 12.7 Å². The third-order valence-electron chi connectivity index (χ3n) is 4.56. The van der Waals surface area contributed by atoms with Gasteiger partial charge in [-0.05, 0) is 36.3 Å². The van der Waals surface area contributed by atoms with Gasteiger partial charge in [-0.15, -0.1) is 0 Å². The lowest BCUT2D eigenvalue weighted by Gasteiger charge is -2.32. The summed E-state index contributed by atoms with van der Waals surface area (Å²) < 4.78 is 66.6. The summed E-state index contributed by atoms with van der Waals surface area (Å²) in [6.07, 6.45) is 1.51. The average Bonchev–Trinajstić information content (AvgIpc) is 2.69. The third-order valence-corrected chi connectivity index (χ3v) is 8.16.